The van der Waals surface area contributed by atoms with Gasteiger partial charge in [0.05, 0.1) is 18.8 Å². The zero-order valence-electron chi connectivity index (χ0n) is 6.49. The molecule has 0 aliphatic carbocycles. The second-order valence-electron chi connectivity index (χ2n) is 2.44. The molecule has 2 atom stereocenters. The fraction of sp³-hybridized carbons (Fsp3) is 0.714. The minimum atomic E-state index is -0.729. The molecule has 0 spiro atoms. The van der Waals surface area contributed by atoms with Crippen molar-refractivity contribution in [2.24, 2.45) is 0 Å². The van der Waals surface area contributed by atoms with Crippen molar-refractivity contribution in [1.29, 1.82) is 0 Å². The Morgan fingerprint density at radius 2 is 2.10 bits per heavy atom. The lowest BCUT2D eigenvalue weighted by Crippen LogP contribution is -2.39. The summed E-state index contributed by atoms with van der Waals surface area (Å²) in [4.78, 5) is 1.80. The topological polar surface area (TPSA) is 43.7 Å². The van der Waals surface area contributed by atoms with Crippen LogP contribution in [0.4, 0.5) is 0 Å². The van der Waals surface area contributed by atoms with E-state index < -0.39 is 6.10 Å². The molecule has 10 heavy (non-hydrogen) atoms. The first-order valence-corrected chi connectivity index (χ1v) is 3.21. The van der Waals surface area contributed by atoms with Crippen LogP contribution in [0.5, 0.6) is 0 Å². The molecule has 0 aromatic carbocycles. The van der Waals surface area contributed by atoms with Crippen LogP contribution in [0.1, 0.15) is 0 Å². The molecule has 0 bridgehead atoms. The molecule has 0 saturated carbocycles. The predicted octanol–water partition coefficient (Wildman–Crippen LogP) is -0.544. The van der Waals surface area contributed by atoms with Crippen LogP contribution < -0.4 is 0 Å². The van der Waals surface area contributed by atoms with Crippen LogP contribution in [-0.2, 0) is 0 Å². The number of nitrogens with zero attached hydrogens (tertiary/aromatic N) is 1. The number of aliphatic hydroxyl groups is 2. The largest absolute Gasteiger partial charge is 0.394 e. The van der Waals surface area contributed by atoms with Gasteiger partial charge in [-0.25, -0.2) is 0 Å². The molecule has 0 aromatic rings. The van der Waals surface area contributed by atoms with E-state index in [2.05, 4.69) is 6.58 Å². The van der Waals surface area contributed by atoms with Crippen LogP contribution in [0.3, 0.4) is 0 Å². The highest BCUT2D eigenvalue weighted by Gasteiger charge is 2.15. The zero-order chi connectivity index (χ0) is 8.15. The summed E-state index contributed by atoms with van der Waals surface area (Å²) in [6.07, 6.45) is 0.883. The predicted molar refractivity (Wildman–Crippen MR) is 40.8 cm³/mol. The highest BCUT2D eigenvalue weighted by molar-refractivity contribution is 4.90. The van der Waals surface area contributed by atoms with Crippen molar-refractivity contribution in [3.8, 4) is 0 Å². The van der Waals surface area contributed by atoms with Crippen molar-refractivity contribution >= 4 is 0 Å². The third-order valence-electron chi connectivity index (χ3n) is 1.42. The van der Waals surface area contributed by atoms with Gasteiger partial charge in [0, 0.05) is 0 Å². The third kappa shape index (κ3) is 2.47. The van der Waals surface area contributed by atoms with Crippen molar-refractivity contribution in [2.75, 3.05) is 20.7 Å². The molecule has 0 aromatic heterocycles. The van der Waals surface area contributed by atoms with Crippen LogP contribution in [0.15, 0.2) is 12.7 Å². The normalized spacial score (nSPS) is 16.9. The van der Waals surface area contributed by atoms with Gasteiger partial charge in [-0.3, -0.25) is 0 Å². The summed E-state index contributed by atoms with van der Waals surface area (Å²) in [7, 11) is 3.65. The average Bonchev–Trinajstić information content (AvgIpc) is 1.88. The Hall–Kier alpha value is -0.380. The molecule has 0 heterocycles. The van der Waals surface area contributed by atoms with Gasteiger partial charge < -0.3 is 15.1 Å². The Bertz CT molecular complexity index is 104. The van der Waals surface area contributed by atoms with Crippen molar-refractivity contribution in [2.45, 2.75) is 12.1 Å². The lowest BCUT2D eigenvalue weighted by atomic mass is 10.1. The van der Waals surface area contributed by atoms with E-state index in [0.29, 0.717) is 0 Å². The van der Waals surface area contributed by atoms with Gasteiger partial charge >= 0.3 is 0 Å². The van der Waals surface area contributed by atoms with Crippen molar-refractivity contribution in [3.63, 3.8) is 0 Å². The molecule has 3 heteroatoms. The molecule has 60 valence electrons. The number of likely N-dealkylation sites (N-methyl/N-ethyl adjacent to an activating group) is 1. The van der Waals surface area contributed by atoms with Crippen molar-refractivity contribution < 1.29 is 10.2 Å². The number of aliphatic hydroxyl groups excluding tert-OH is 2. The maximum Gasteiger partial charge on any atom is 0.0960 e. The monoisotopic (exact) mass is 145 g/mol. The van der Waals surface area contributed by atoms with E-state index in [4.69, 9.17) is 10.2 Å². The Morgan fingerprint density at radius 1 is 1.60 bits per heavy atom. The maximum atomic E-state index is 9.13. The van der Waals surface area contributed by atoms with Crippen molar-refractivity contribution in [1.82, 2.24) is 4.90 Å². The molecule has 0 rings (SSSR count). The zero-order valence-corrected chi connectivity index (χ0v) is 6.49. The summed E-state index contributed by atoms with van der Waals surface area (Å²) in [5.41, 5.74) is 0. The molecule has 0 aliphatic heterocycles. The van der Waals surface area contributed by atoms with Gasteiger partial charge in [-0.2, -0.15) is 0 Å². The molecular formula is C7H15NO2. The molecular weight excluding hydrogens is 130 g/mol. The summed E-state index contributed by atoms with van der Waals surface area (Å²) in [6.45, 7) is 3.31. The van der Waals surface area contributed by atoms with E-state index in [-0.39, 0.29) is 12.6 Å². The number of hydrogen-bond donors (Lipinski definition) is 2. The van der Waals surface area contributed by atoms with Crippen molar-refractivity contribution in [3.05, 3.63) is 12.7 Å². The van der Waals surface area contributed by atoms with E-state index in [1.807, 2.05) is 14.1 Å². The highest BCUT2D eigenvalue weighted by Crippen LogP contribution is 2.00. The molecule has 0 aliphatic rings. The highest BCUT2D eigenvalue weighted by atomic mass is 16.3. The summed E-state index contributed by atoms with van der Waals surface area (Å²) in [5, 5.41) is 17.7. The van der Waals surface area contributed by atoms with E-state index in [0.717, 1.165) is 0 Å². The molecule has 0 amide bonds. The first-order valence-electron chi connectivity index (χ1n) is 3.21. The van der Waals surface area contributed by atoms with Crippen LogP contribution >= 0.6 is 0 Å². The molecule has 3 nitrogen and oxygen atoms in total. The average molecular weight is 145 g/mol. The third-order valence-corrected chi connectivity index (χ3v) is 1.42. The van der Waals surface area contributed by atoms with Crippen LogP contribution in [0.25, 0.3) is 0 Å². The van der Waals surface area contributed by atoms with E-state index >= 15 is 0 Å². The molecule has 0 unspecified atom stereocenters. The van der Waals surface area contributed by atoms with Gasteiger partial charge in [0.2, 0.25) is 0 Å². The van der Waals surface area contributed by atoms with Crippen LogP contribution in [0.2, 0.25) is 0 Å². The van der Waals surface area contributed by atoms with E-state index in [1.165, 1.54) is 0 Å². The minimum Gasteiger partial charge on any atom is -0.394 e. The van der Waals surface area contributed by atoms with E-state index in [1.54, 1.807) is 11.0 Å². The fourth-order valence-electron chi connectivity index (χ4n) is 0.820. The summed E-state index contributed by atoms with van der Waals surface area (Å²) >= 11 is 0. The quantitative estimate of drug-likeness (QED) is 0.522. The maximum absolute atomic E-state index is 9.13. The van der Waals surface area contributed by atoms with Gasteiger partial charge in [-0.1, -0.05) is 6.08 Å². The Kier molecular flexibility index (Phi) is 4.27. The van der Waals surface area contributed by atoms with Gasteiger partial charge in [0.15, 0.2) is 0 Å². The lowest BCUT2D eigenvalue weighted by Gasteiger charge is -2.24. The smallest absolute Gasteiger partial charge is 0.0960 e. The summed E-state index contributed by atoms with van der Waals surface area (Å²) in [6, 6.07) is -0.162. The minimum absolute atomic E-state index is 0.162. The van der Waals surface area contributed by atoms with Gasteiger partial charge in [-0.05, 0) is 14.1 Å². The molecule has 0 radical (unpaired) electrons. The lowest BCUT2D eigenvalue weighted by molar-refractivity contribution is 0.0465. The first kappa shape index (κ1) is 9.62. The number of hydrogen-bond acceptors (Lipinski definition) is 3. The summed E-state index contributed by atoms with van der Waals surface area (Å²) in [5.74, 6) is 0. The standard InChI is InChI=1S/C7H15NO2/c1-4-6(8(2)3)7(10)5-9/h4,6-7,9-10H,1,5H2,2-3H3/t6-,7+/m0/s1. The molecule has 2 N–H and O–H groups in total. The summed E-state index contributed by atoms with van der Waals surface area (Å²) < 4.78 is 0. The fourth-order valence-corrected chi connectivity index (χ4v) is 0.820. The Morgan fingerprint density at radius 3 is 2.20 bits per heavy atom. The Labute approximate surface area is 61.6 Å². The van der Waals surface area contributed by atoms with Crippen LogP contribution in [-0.4, -0.2) is 48.0 Å². The molecule has 0 fully saturated rings. The van der Waals surface area contributed by atoms with Gasteiger partial charge in [0.25, 0.3) is 0 Å². The second-order valence-corrected chi connectivity index (χ2v) is 2.44. The van der Waals surface area contributed by atoms with Crippen LogP contribution in [0, 0.1) is 0 Å². The second kappa shape index (κ2) is 4.44. The van der Waals surface area contributed by atoms with Gasteiger partial charge in [0.1, 0.15) is 0 Å². The van der Waals surface area contributed by atoms with Gasteiger partial charge in [-0.15, -0.1) is 6.58 Å². The van der Waals surface area contributed by atoms with E-state index in [9.17, 15) is 0 Å². The first-order chi connectivity index (χ1) is 4.63. The molecule has 0 saturated heterocycles. The number of rotatable bonds is 4. The SMILES string of the molecule is C=C[C@@H]([C@H](O)CO)N(C)C. The Balaban J connectivity index is 3.92.